The van der Waals surface area contributed by atoms with Crippen LogP contribution in [0.4, 0.5) is 0 Å². The summed E-state index contributed by atoms with van der Waals surface area (Å²) in [6.07, 6.45) is 5.40. The molecule has 204 valence electrons. The van der Waals surface area contributed by atoms with Crippen LogP contribution in [0.15, 0.2) is 65.2 Å². The third-order valence-corrected chi connectivity index (χ3v) is 9.53. The van der Waals surface area contributed by atoms with Crippen molar-refractivity contribution in [2.24, 2.45) is 0 Å². The molecule has 2 aliphatic rings. The molecule has 1 fully saturated rings. The van der Waals surface area contributed by atoms with Gasteiger partial charge in [0.05, 0.1) is 30.6 Å². The van der Waals surface area contributed by atoms with Crippen molar-refractivity contribution >= 4 is 21.3 Å². The molecule has 0 spiro atoms. The summed E-state index contributed by atoms with van der Waals surface area (Å²) in [5.74, 6) is 1.22. The first-order valence-electron chi connectivity index (χ1n) is 13.4. The average Bonchev–Trinajstić information content (AvgIpc) is 3.13. The van der Waals surface area contributed by atoms with Crippen LogP contribution in [0, 0.1) is 0 Å². The summed E-state index contributed by atoms with van der Waals surface area (Å²) >= 11 is 0. The molecule has 0 radical (unpaired) electrons. The van der Waals surface area contributed by atoms with Crippen LogP contribution >= 0.6 is 0 Å². The lowest BCUT2D eigenvalue weighted by Crippen LogP contribution is -2.36. The molecule has 0 atom stereocenters. The smallest absolute Gasteiger partial charge is 0.254 e. The van der Waals surface area contributed by atoms with Gasteiger partial charge in [0.15, 0.2) is 21.3 Å². The number of aryl methyl sites for hydroxylation is 2. The van der Waals surface area contributed by atoms with Crippen LogP contribution in [0.1, 0.15) is 58.9 Å². The molecule has 1 saturated heterocycles. The standard InChI is InChI=1S/C31H34N2O5S/c1-4-18-39(35,36)25-10-11-26-23(19-25)8-7-22-6-5-15-32-30(22)29(26)21-13-16-33(17-14-21)31(34)24-9-12-27(37-2)28(20-24)38-3/h5-6,9-12,15,19-20H,4,7-8,13-14,16-18H2,1-3H3. The van der Waals surface area contributed by atoms with Crippen LogP contribution in [0.2, 0.25) is 0 Å². The Morgan fingerprint density at radius 2 is 1.67 bits per heavy atom. The normalized spacial score (nSPS) is 15.3. The third-order valence-electron chi connectivity index (χ3n) is 7.61. The lowest BCUT2D eigenvalue weighted by molar-refractivity contribution is 0.0743. The summed E-state index contributed by atoms with van der Waals surface area (Å²) in [5.41, 5.74) is 7.13. The number of rotatable bonds is 6. The molecule has 7 nitrogen and oxygen atoms in total. The van der Waals surface area contributed by atoms with Gasteiger partial charge in [-0.25, -0.2) is 8.42 Å². The van der Waals surface area contributed by atoms with E-state index >= 15 is 0 Å². The van der Waals surface area contributed by atoms with E-state index in [-0.39, 0.29) is 11.7 Å². The Morgan fingerprint density at radius 1 is 0.923 bits per heavy atom. The van der Waals surface area contributed by atoms with E-state index in [1.54, 1.807) is 38.5 Å². The lowest BCUT2D eigenvalue weighted by Gasteiger charge is -2.30. The predicted octanol–water partition coefficient (Wildman–Crippen LogP) is 5.12. The van der Waals surface area contributed by atoms with Gasteiger partial charge in [0.25, 0.3) is 5.91 Å². The van der Waals surface area contributed by atoms with Gasteiger partial charge in [-0.1, -0.05) is 24.6 Å². The van der Waals surface area contributed by atoms with Crippen molar-refractivity contribution in [1.29, 1.82) is 0 Å². The van der Waals surface area contributed by atoms with Crippen molar-refractivity contribution in [2.45, 2.75) is 43.9 Å². The largest absolute Gasteiger partial charge is 0.493 e. The highest BCUT2D eigenvalue weighted by atomic mass is 32.2. The molecule has 0 bridgehead atoms. The predicted molar refractivity (Wildman–Crippen MR) is 151 cm³/mol. The van der Waals surface area contributed by atoms with Gasteiger partial charge in [-0.2, -0.15) is 0 Å². The molecule has 0 N–H and O–H groups in total. The number of sulfone groups is 1. The second-order valence-electron chi connectivity index (χ2n) is 9.99. The Kier molecular flexibility index (Phi) is 7.75. The van der Waals surface area contributed by atoms with Gasteiger partial charge in [-0.05, 0) is 85.2 Å². The fourth-order valence-corrected chi connectivity index (χ4v) is 6.97. The SMILES string of the molecule is CCCS(=O)(=O)c1ccc2c(c1)CCc1cccnc1C2=C1CCN(C(=O)c2ccc(OC)c(OC)c2)CC1. The molecule has 8 heteroatoms. The number of methoxy groups -OCH3 is 2. The number of ether oxygens (including phenoxy) is 2. The number of hydrogen-bond acceptors (Lipinski definition) is 6. The molecule has 2 heterocycles. The number of likely N-dealkylation sites (tertiary alicyclic amines) is 1. The minimum absolute atomic E-state index is 0.0365. The number of nitrogens with zero attached hydrogens (tertiary/aromatic N) is 2. The molecule has 1 aliphatic carbocycles. The second-order valence-corrected chi connectivity index (χ2v) is 12.1. The maximum Gasteiger partial charge on any atom is 0.254 e. The van der Waals surface area contributed by atoms with E-state index in [1.165, 1.54) is 5.57 Å². The summed E-state index contributed by atoms with van der Waals surface area (Å²) < 4.78 is 36.3. The Hall–Kier alpha value is -3.65. The van der Waals surface area contributed by atoms with Crippen LogP contribution in [0.3, 0.4) is 0 Å². The summed E-state index contributed by atoms with van der Waals surface area (Å²) in [7, 11) is -0.179. The Balaban J connectivity index is 1.48. The summed E-state index contributed by atoms with van der Waals surface area (Å²) in [6, 6.07) is 14.9. The van der Waals surface area contributed by atoms with Gasteiger partial charge in [0.2, 0.25) is 0 Å². The number of fused-ring (bicyclic) bond motifs is 2. The van der Waals surface area contributed by atoms with Gasteiger partial charge in [-0.15, -0.1) is 0 Å². The van der Waals surface area contributed by atoms with Crippen LogP contribution in [-0.4, -0.2) is 57.3 Å². The van der Waals surface area contributed by atoms with Gasteiger partial charge >= 0.3 is 0 Å². The maximum atomic E-state index is 13.3. The number of amides is 1. The highest BCUT2D eigenvalue weighted by Crippen LogP contribution is 2.39. The second kappa shape index (κ2) is 11.2. The Labute approximate surface area is 230 Å². The molecule has 1 aliphatic heterocycles. The fraction of sp³-hybridized carbons (Fsp3) is 0.355. The average molecular weight is 547 g/mol. The number of aromatic nitrogens is 1. The van der Waals surface area contributed by atoms with Crippen LogP contribution < -0.4 is 9.47 Å². The zero-order valence-corrected chi connectivity index (χ0v) is 23.5. The molecular weight excluding hydrogens is 512 g/mol. The minimum atomic E-state index is -3.31. The lowest BCUT2D eigenvalue weighted by atomic mass is 9.88. The molecule has 39 heavy (non-hydrogen) atoms. The molecule has 1 aromatic heterocycles. The molecule has 0 saturated carbocycles. The first-order valence-corrected chi connectivity index (χ1v) is 15.0. The number of carbonyl (C=O) groups excluding carboxylic acids is 1. The Bertz CT molecular complexity index is 1530. The molecular formula is C31H34N2O5S. The minimum Gasteiger partial charge on any atom is -0.493 e. The van der Waals surface area contributed by atoms with E-state index in [0.717, 1.165) is 53.6 Å². The number of benzene rings is 2. The number of pyridine rings is 1. The monoisotopic (exact) mass is 546 g/mol. The summed E-state index contributed by atoms with van der Waals surface area (Å²) in [4.78, 5) is 20.4. The summed E-state index contributed by atoms with van der Waals surface area (Å²) in [6.45, 7) is 3.06. The number of carbonyl (C=O) groups is 1. The molecule has 0 unspecified atom stereocenters. The number of hydrogen-bond donors (Lipinski definition) is 0. The molecule has 2 aromatic carbocycles. The van der Waals surface area contributed by atoms with Crippen molar-refractivity contribution in [3.05, 3.63) is 88.2 Å². The zero-order valence-electron chi connectivity index (χ0n) is 22.7. The highest BCUT2D eigenvalue weighted by Gasteiger charge is 2.28. The van der Waals surface area contributed by atoms with Gasteiger partial charge in [-0.3, -0.25) is 9.78 Å². The van der Waals surface area contributed by atoms with E-state index in [9.17, 15) is 13.2 Å². The van der Waals surface area contributed by atoms with Crippen LogP contribution in [0.5, 0.6) is 11.5 Å². The van der Waals surface area contributed by atoms with Crippen molar-refractivity contribution in [2.75, 3.05) is 33.1 Å². The van der Waals surface area contributed by atoms with Crippen molar-refractivity contribution in [3.8, 4) is 11.5 Å². The zero-order chi connectivity index (χ0) is 27.6. The Morgan fingerprint density at radius 3 is 2.38 bits per heavy atom. The quantitative estimate of drug-likeness (QED) is 0.427. The van der Waals surface area contributed by atoms with Gasteiger partial charge in [0, 0.05) is 30.4 Å². The van der Waals surface area contributed by atoms with E-state index in [2.05, 4.69) is 6.07 Å². The summed E-state index contributed by atoms with van der Waals surface area (Å²) in [5, 5.41) is 0. The van der Waals surface area contributed by atoms with Crippen molar-refractivity contribution in [3.63, 3.8) is 0 Å². The topological polar surface area (TPSA) is 85.8 Å². The first-order chi connectivity index (χ1) is 18.9. The number of piperidine rings is 1. The molecule has 3 aromatic rings. The van der Waals surface area contributed by atoms with E-state index in [4.69, 9.17) is 14.5 Å². The molecule has 1 amide bonds. The van der Waals surface area contributed by atoms with E-state index in [0.29, 0.717) is 41.5 Å². The first kappa shape index (κ1) is 26.9. The fourth-order valence-electron chi connectivity index (χ4n) is 5.60. The third kappa shape index (κ3) is 5.30. The van der Waals surface area contributed by atoms with E-state index in [1.807, 2.05) is 36.2 Å². The van der Waals surface area contributed by atoms with Crippen molar-refractivity contribution < 1.29 is 22.7 Å². The van der Waals surface area contributed by atoms with E-state index < -0.39 is 9.84 Å². The van der Waals surface area contributed by atoms with Gasteiger partial charge < -0.3 is 14.4 Å². The highest BCUT2D eigenvalue weighted by molar-refractivity contribution is 7.91. The van der Waals surface area contributed by atoms with Crippen LogP contribution in [0.25, 0.3) is 5.57 Å². The van der Waals surface area contributed by atoms with Crippen molar-refractivity contribution in [1.82, 2.24) is 9.88 Å². The van der Waals surface area contributed by atoms with Crippen LogP contribution in [-0.2, 0) is 22.7 Å². The molecule has 5 rings (SSSR count). The van der Waals surface area contributed by atoms with Gasteiger partial charge in [0.1, 0.15) is 0 Å². The maximum absolute atomic E-state index is 13.3.